The van der Waals surface area contributed by atoms with Crippen LogP contribution in [0.1, 0.15) is 47.0 Å². The van der Waals surface area contributed by atoms with Gasteiger partial charge in [0.15, 0.2) is 0 Å². The molecule has 0 bridgehead atoms. The molecule has 1 saturated heterocycles. The number of carboxylic acids is 1. The molecule has 0 aromatic carbocycles. The molecule has 1 rings (SSSR count). The minimum atomic E-state index is -1.12. The SMILES string of the molecule is CSCCC(NC(=O)C1CCCN1C(=O)C(N)C(C)C)C(=O)NC(C(=O)O)C(C)C. The van der Waals surface area contributed by atoms with E-state index < -0.39 is 42.0 Å². The predicted octanol–water partition coefficient (Wildman–Crippen LogP) is 0.424. The highest BCUT2D eigenvalue weighted by molar-refractivity contribution is 7.98. The Balaban J connectivity index is 2.90. The van der Waals surface area contributed by atoms with E-state index in [1.54, 1.807) is 13.8 Å². The van der Waals surface area contributed by atoms with Crippen molar-refractivity contribution in [2.24, 2.45) is 17.6 Å². The maximum Gasteiger partial charge on any atom is 0.326 e. The van der Waals surface area contributed by atoms with Gasteiger partial charge in [0.2, 0.25) is 17.7 Å². The van der Waals surface area contributed by atoms with Gasteiger partial charge < -0.3 is 26.4 Å². The Hall–Kier alpha value is -1.81. The smallest absolute Gasteiger partial charge is 0.326 e. The van der Waals surface area contributed by atoms with Crippen molar-refractivity contribution in [1.82, 2.24) is 15.5 Å². The number of nitrogens with two attached hydrogens (primary N) is 1. The molecule has 0 saturated carbocycles. The lowest BCUT2D eigenvalue weighted by atomic mass is 10.0. The number of hydrogen-bond acceptors (Lipinski definition) is 6. The predicted molar refractivity (Wildman–Crippen MR) is 117 cm³/mol. The average Bonchev–Trinajstić information content (AvgIpc) is 3.16. The van der Waals surface area contributed by atoms with Crippen molar-refractivity contribution in [2.45, 2.75) is 71.1 Å². The van der Waals surface area contributed by atoms with Crippen LogP contribution in [0.2, 0.25) is 0 Å². The molecule has 0 spiro atoms. The number of rotatable bonds is 11. The van der Waals surface area contributed by atoms with Gasteiger partial charge in [0.25, 0.3) is 0 Å². The first-order valence-corrected chi connectivity index (χ1v) is 11.8. The van der Waals surface area contributed by atoms with Crippen molar-refractivity contribution in [3.63, 3.8) is 0 Å². The molecule has 172 valence electrons. The maximum atomic E-state index is 12.9. The van der Waals surface area contributed by atoms with Gasteiger partial charge >= 0.3 is 5.97 Å². The third kappa shape index (κ3) is 7.16. The molecule has 0 aromatic heterocycles. The van der Waals surface area contributed by atoms with Gasteiger partial charge in [0.05, 0.1) is 6.04 Å². The standard InChI is InChI=1S/C20H36N4O5S/c1-11(2)15(21)19(27)24-9-6-7-14(24)18(26)22-13(8-10-30-5)17(25)23-16(12(3)4)20(28)29/h11-16H,6-10,21H2,1-5H3,(H,22,26)(H,23,25)(H,28,29). The molecule has 5 N–H and O–H groups in total. The van der Waals surface area contributed by atoms with Crippen molar-refractivity contribution < 1.29 is 24.3 Å². The van der Waals surface area contributed by atoms with Gasteiger partial charge in [-0.15, -0.1) is 0 Å². The van der Waals surface area contributed by atoms with Gasteiger partial charge in [-0.05, 0) is 43.1 Å². The Morgan fingerprint density at radius 1 is 1.13 bits per heavy atom. The second kappa shape index (κ2) is 12.1. The van der Waals surface area contributed by atoms with E-state index in [0.29, 0.717) is 31.6 Å². The van der Waals surface area contributed by atoms with Gasteiger partial charge in [-0.25, -0.2) is 4.79 Å². The summed E-state index contributed by atoms with van der Waals surface area (Å²) < 4.78 is 0. The van der Waals surface area contributed by atoms with Crippen LogP contribution < -0.4 is 16.4 Å². The van der Waals surface area contributed by atoms with E-state index in [9.17, 15) is 24.3 Å². The highest BCUT2D eigenvalue weighted by Gasteiger charge is 2.38. The Morgan fingerprint density at radius 2 is 1.77 bits per heavy atom. The number of carboxylic acid groups (broad SMARTS) is 1. The molecule has 1 fully saturated rings. The summed E-state index contributed by atoms with van der Waals surface area (Å²) in [7, 11) is 0. The van der Waals surface area contributed by atoms with Gasteiger partial charge in [0.1, 0.15) is 18.1 Å². The lowest BCUT2D eigenvalue weighted by Gasteiger charge is -2.29. The third-order valence-electron chi connectivity index (χ3n) is 5.32. The normalized spacial score (nSPS) is 19.5. The summed E-state index contributed by atoms with van der Waals surface area (Å²) in [6.07, 6.45) is 3.43. The van der Waals surface area contributed by atoms with Crippen molar-refractivity contribution in [2.75, 3.05) is 18.6 Å². The Labute approximate surface area is 182 Å². The Morgan fingerprint density at radius 3 is 2.27 bits per heavy atom. The topological polar surface area (TPSA) is 142 Å². The van der Waals surface area contributed by atoms with Crippen LogP contribution in [0.4, 0.5) is 0 Å². The van der Waals surface area contributed by atoms with E-state index in [1.165, 1.54) is 16.7 Å². The van der Waals surface area contributed by atoms with Crippen LogP contribution in [0.25, 0.3) is 0 Å². The second-order valence-electron chi connectivity index (χ2n) is 8.37. The number of likely N-dealkylation sites (tertiary alicyclic amines) is 1. The van der Waals surface area contributed by atoms with Gasteiger partial charge in [-0.1, -0.05) is 27.7 Å². The number of thioether (sulfide) groups is 1. The van der Waals surface area contributed by atoms with Crippen LogP contribution in [0.5, 0.6) is 0 Å². The zero-order valence-corrected chi connectivity index (χ0v) is 19.3. The first kappa shape index (κ1) is 26.2. The number of aliphatic carboxylic acids is 1. The van der Waals surface area contributed by atoms with Crippen molar-refractivity contribution >= 4 is 35.5 Å². The molecule has 4 unspecified atom stereocenters. The summed E-state index contributed by atoms with van der Waals surface area (Å²) in [5.41, 5.74) is 5.98. The fourth-order valence-electron chi connectivity index (χ4n) is 3.32. The summed E-state index contributed by atoms with van der Waals surface area (Å²) >= 11 is 1.52. The Kier molecular flexibility index (Phi) is 10.6. The Bertz CT molecular complexity index is 628. The molecule has 1 aliphatic rings. The van der Waals surface area contributed by atoms with Gasteiger partial charge in [0, 0.05) is 6.54 Å². The molecular formula is C20H36N4O5S. The van der Waals surface area contributed by atoms with Crippen LogP contribution in [0.15, 0.2) is 0 Å². The number of nitrogens with zero attached hydrogens (tertiary/aromatic N) is 1. The molecule has 0 radical (unpaired) electrons. The third-order valence-corrected chi connectivity index (χ3v) is 5.96. The lowest BCUT2D eigenvalue weighted by molar-refractivity contribution is -0.144. The molecule has 9 nitrogen and oxygen atoms in total. The average molecular weight is 445 g/mol. The summed E-state index contributed by atoms with van der Waals surface area (Å²) in [5, 5.41) is 14.6. The van der Waals surface area contributed by atoms with Crippen molar-refractivity contribution in [3.05, 3.63) is 0 Å². The minimum Gasteiger partial charge on any atom is -0.480 e. The van der Waals surface area contributed by atoms with E-state index in [4.69, 9.17) is 5.73 Å². The lowest BCUT2D eigenvalue weighted by Crippen LogP contribution is -2.57. The first-order valence-electron chi connectivity index (χ1n) is 10.4. The number of nitrogens with one attached hydrogen (secondary N) is 2. The second-order valence-corrected chi connectivity index (χ2v) is 9.36. The molecular weight excluding hydrogens is 408 g/mol. The van der Waals surface area contributed by atoms with Crippen molar-refractivity contribution in [1.29, 1.82) is 0 Å². The van der Waals surface area contributed by atoms with E-state index in [0.717, 1.165) is 0 Å². The molecule has 0 aromatic rings. The number of amides is 3. The fourth-order valence-corrected chi connectivity index (χ4v) is 3.79. The molecule has 1 aliphatic heterocycles. The zero-order valence-electron chi connectivity index (χ0n) is 18.5. The number of carbonyl (C=O) groups is 4. The summed E-state index contributed by atoms with van der Waals surface area (Å²) in [6, 6.07) is -3.27. The summed E-state index contributed by atoms with van der Waals surface area (Å²) in [4.78, 5) is 51.2. The highest BCUT2D eigenvalue weighted by atomic mass is 32.2. The number of hydrogen-bond donors (Lipinski definition) is 4. The molecule has 3 amide bonds. The molecule has 0 aliphatic carbocycles. The first-order chi connectivity index (χ1) is 14.0. The highest BCUT2D eigenvalue weighted by Crippen LogP contribution is 2.20. The van der Waals surface area contributed by atoms with E-state index in [-0.39, 0.29) is 17.7 Å². The largest absolute Gasteiger partial charge is 0.480 e. The number of carbonyl (C=O) groups excluding carboxylic acids is 3. The molecule has 1 heterocycles. The fraction of sp³-hybridized carbons (Fsp3) is 0.800. The summed E-state index contributed by atoms with van der Waals surface area (Å²) in [5.74, 6) is -2.07. The van der Waals surface area contributed by atoms with E-state index in [1.807, 2.05) is 20.1 Å². The molecule has 4 atom stereocenters. The van der Waals surface area contributed by atoms with Gasteiger partial charge in [-0.2, -0.15) is 11.8 Å². The molecule has 10 heteroatoms. The van der Waals surface area contributed by atoms with Crippen molar-refractivity contribution in [3.8, 4) is 0 Å². The van der Waals surface area contributed by atoms with Gasteiger partial charge in [-0.3, -0.25) is 14.4 Å². The zero-order chi connectivity index (χ0) is 23.0. The van der Waals surface area contributed by atoms with Crippen LogP contribution >= 0.6 is 11.8 Å². The van der Waals surface area contributed by atoms with Crippen LogP contribution in [-0.4, -0.2) is 76.4 Å². The quantitative estimate of drug-likeness (QED) is 0.362. The maximum absolute atomic E-state index is 12.9. The molecule has 30 heavy (non-hydrogen) atoms. The van der Waals surface area contributed by atoms with Crippen LogP contribution in [-0.2, 0) is 19.2 Å². The van der Waals surface area contributed by atoms with E-state index in [2.05, 4.69) is 10.6 Å². The van der Waals surface area contributed by atoms with Crippen LogP contribution in [0.3, 0.4) is 0 Å². The summed E-state index contributed by atoms with van der Waals surface area (Å²) in [6.45, 7) is 7.56. The van der Waals surface area contributed by atoms with E-state index >= 15 is 0 Å². The van der Waals surface area contributed by atoms with Crippen LogP contribution in [0, 0.1) is 11.8 Å². The minimum absolute atomic E-state index is 0.0501. The monoisotopic (exact) mass is 444 g/mol.